The van der Waals surface area contributed by atoms with Gasteiger partial charge in [-0.2, -0.15) is 4.98 Å². The van der Waals surface area contributed by atoms with Gasteiger partial charge in [0.25, 0.3) is 11.1 Å². The molecule has 0 bridgehead atoms. The number of rotatable bonds is 21. The normalized spacial score (nSPS) is 28.6. The van der Waals surface area contributed by atoms with Crippen LogP contribution in [0.5, 0.6) is 5.88 Å². The lowest BCUT2D eigenvalue weighted by Crippen LogP contribution is -2.46. The molecule has 0 aliphatic carbocycles. The van der Waals surface area contributed by atoms with Gasteiger partial charge in [-0.05, 0) is 26.8 Å². The Balaban J connectivity index is 0.000000148. The Labute approximate surface area is 673 Å². The van der Waals surface area contributed by atoms with E-state index < -0.39 is 206 Å². The van der Waals surface area contributed by atoms with Gasteiger partial charge in [0.05, 0.1) is 83.1 Å². The fourth-order valence-electron chi connectivity index (χ4n) is 12.9. The largest absolute Gasteiger partial charge is 0.479 e. The van der Waals surface area contributed by atoms with E-state index in [-0.39, 0.29) is 69.9 Å². The van der Waals surface area contributed by atoms with Crippen LogP contribution < -0.4 is 26.5 Å². The van der Waals surface area contributed by atoms with Crippen molar-refractivity contribution >= 4 is 108 Å². The van der Waals surface area contributed by atoms with Crippen molar-refractivity contribution in [2.45, 2.75) is 156 Å². The number of carbonyl (C=O) groups excluding carboxylic acids is 2. The highest BCUT2D eigenvalue weighted by molar-refractivity contribution is 7.47. The molecule has 0 saturated carbocycles. The van der Waals surface area contributed by atoms with E-state index in [9.17, 15) is 93.1 Å². The number of imidazole rings is 4. The molecule has 7 aliphatic rings. The number of nitrogens with two attached hydrogens (primary N) is 1. The van der Waals surface area contributed by atoms with Crippen LogP contribution >= 0.6 is 39.1 Å². The molecule has 0 radical (unpaired) electrons. The lowest BCUT2D eigenvalue weighted by atomic mass is 10.1. The molecular weight excluding hydrogens is 1740 g/mol. The van der Waals surface area contributed by atoms with Gasteiger partial charge in [-0.1, -0.05) is 0 Å². The van der Waals surface area contributed by atoms with Gasteiger partial charge in [0.1, 0.15) is 120 Å². The number of aliphatic hydroxyl groups is 10. The molecule has 8 aromatic rings. The van der Waals surface area contributed by atoms with Gasteiger partial charge in [-0.3, -0.25) is 69.5 Å². The molecule has 5 unspecified atom stereocenters. The predicted octanol–water partition coefficient (Wildman–Crippen LogP) is -7.80. The highest BCUT2D eigenvalue weighted by Crippen LogP contribution is 2.45. The summed E-state index contributed by atoms with van der Waals surface area (Å²) in [4.78, 5) is 180. The first-order valence-corrected chi connectivity index (χ1v) is 42.4. The number of ketones is 1. The van der Waals surface area contributed by atoms with E-state index in [1.54, 1.807) is 27.0 Å². The van der Waals surface area contributed by atoms with Crippen LogP contribution in [0.2, 0.25) is 0 Å². The van der Waals surface area contributed by atoms with Crippen LogP contribution in [0.25, 0.3) is 33.5 Å². The minimum absolute atomic E-state index is 0.0130. The van der Waals surface area contributed by atoms with E-state index in [1.165, 1.54) is 74.6 Å². The fourth-order valence-corrected chi connectivity index (χ4v) is 14.6. The number of carbonyl (C=O) groups is 2. The first kappa shape index (κ1) is 93.7. The first-order chi connectivity index (χ1) is 56.4. The van der Waals surface area contributed by atoms with E-state index in [4.69, 9.17) is 83.1 Å². The van der Waals surface area contributed by atoms with Crippen LogP contribution in [0.4, 0.5) is 17.3 Å². The maximum atomic E-state index is 12.3. The zero-order chi connectivity index (χ0) is 88.9. The number of aryl methyl sites for hydroxylation is 3. The molecule has 15 rings (SSSR count). The topological polar surface area (TPSA) is 858 Å². The molecule has 8 aromatic heterocycles. The summed E-state index contributed by atoms with van der Waals surface area (Å²) in [5.74, 6) is 0.713. The number of fused-ring (bicyclic) bond motifs is 5. The number of nitrogens with one attached hydrogen (secondary N) is 1. The summed E-state index contributed by atoms with van der Waals surface area (Å²) in [6.45, 7) is 1.67. The summed E-state index contributed by atoms with van der Waals surface area (Å²) in [5.41, 5.74) is 7.17. The van der Waals surface area contributed by atoms with E-state index in [0.717, 1.165) is 4.90 Å². The maximum Gasteiger partial charge on any atom is 0.469 e. The first-order valence-electron chi connectivity index (χ1n) is 34.8. The number of hydrogen-bond donors (Lipinski definition) is 22. The predicted molar refractivity (Wildman–Crippen MR) is 391 cm³/mol. The number of aliphatic imine (C=N–C) groups is 1. The Hall–Kier alpha value is -8.03. The molecule has 0 aromatic carbocycles. The van der Waals surface area contributed by atoms with Crippen molar-refractivity contribution in [1.82, 2.24) is 72.7 Å². The molecule has 0 spiro atoms. The van der Waals surface area contributed by atoms with Gasteiger partial charge < -0.3 is 139 Å². The molecule has 20 atom stereocenters. The van der Waals surface area contributed by atoms with Crippen LogP contribution in [0.3, 0.4) is 0 Å². The molecule has 15 heterocycles. The van der Waals surface area contributed by atoms with Crippen molar-refractivity contribution in [3.8, 4) is 5.88 Å². The second-order valence-electron chi connectivity index (χ2n) is 27.0. The van der Waals surface area contributed by atoms with E-state index in [0.29, 0.717) is 39.7 Å². The van der Waals surface area contributed by atoms with Crippen LogP contribution in [-0.4, -0.2) is 329 Å². The number of methoxy groups -OCH3 is 1. The van der Waals surface area contributed by atoms with Crippen molar-refractivity contribution in [3.05, 3.63) is 87.0 Å². The van der Waals surface area contributed by atoms with Crippen molar-refractivity contribution in [3.63, 3.8) is 0 Å². The second kappa shape index (κ2) is 37.0. The number of phosphoric acid groups is 5. The summed E-state index contributed by atoms with van der Waals surface area (Å²) in [5, 5.41) is 101. The van der Waals surface area contributed by atoms with Crippen molar-refractivity contribution in [2.75, 3.05) is 50.8 Å². The average Bonchev–Trinajstić information content (AvgIpc) is 1.62. The number of amides is 1. The molecule has 1 amide bonds. The van der Waals surface area contributed by atoms with Gasteiger partial charge in [-0.25, -0.2) is 67.7 Å². The molecule has 5 fully saturated rings. The number of aromatic amines is 1. The summed E-state index contributed by atoms with van der Waals surface area (Å²) < 4.78 is 114. The number of Topliss-reactive ketones (excluding diaryl/α,β-unsaturated/α-hetero) is 1. The minimum atomic E-state index is -4.80. The second-order valence-corrected chi connectivity index (χ2v) is 33.2. The van der Waals surface area contributed by atoms with Crippen molar-refractivity contribution in [1.29, 1.82) is 0 Å². The maximum absolute atomic E-state index is 12.3. The zero-order valence-corrected chi connectivity index (χ0v) is 67.1. The minimum Gasteiger partial charge on any atom is -0.479 e. The third kappa shape index (κ3) is 21.3. The highest BCUT2D eigenvalue weighted by Gasteiger charge is 2.53. The van der Waals surface area contributed by atoms with Gasteiger partial charge in [-0.15, -0.1) is 0 Å². The summed E-state index contributed by atoms with van der Waals surface area (Å²) >= 11 is 0. The monoisotopic (exact) mass is 1820 g/mol. The molecule has 63 heteroatoms. The fraction of sp³-hybridized carbons (Fsp3) is 0.552. The number of H-pyrrole nitrogens is 1. The van der Waals surface area contributed by atoms with Crippen molar-refractivity contribution in [2.24, 2.45) is 12.0 Å². The highest BCUT2D eigenvalue weighted by atomic mass is 31.2. The molecule has 121 heavy (non-hydrogen) atoms. The molecule has 666 valence electrons. The Morgan fingerprint density at radius 3 is 1.31 bits per heavy atom. The van der Waals surface area contributed by atoms with Crippen LogP contribution in [0.1, 0.15) is 64.9 Å². The quantitative estimate of drug-likeness (QED) is 0.0297. The summed E-state index contributed by atoms with van der Waals surface area (Å²) in [7, 11) is -20.7. The molecule has 5 saturated heterocycles. The lowest BCUT2D eigenvalue weighted by Gasteiger charge is -2.26. The number of phosphoric ester groups is 5. The standard InChI is InChI=1S/2C12H17N4O8P.C12H16N3O9P.C11H15N4O7P.C11H14N3O8P/c1-5-14-10-7(11(15-5)22-2)13-4-16(10)12-9(18)8(17)6(24-12)3-23-25(19,20)21;1-5-14-10-7(11(19)15(5)2)13-4-16(10)12-9(18)8(17)6(24-12)3-23-25(20,21)22;1-4-13-10-5(11(19)14-4)2-7(16)15(10)12-9(18)8(17)6(24-12)3-23-25(20,21)22;12-5-1-2-13-10-7(5)14-4-15(10)11-9(17)8(16)6(22-11)3-21-23(18,19)20;15-5-1-2-12-10-7(5)13-4-14(10)11-9(17)8(16)6(22-11)3-21-23(18,19)20/h4,6,8-9,12,17-18H,3H2,1-2H3,(H2,19,20,21);4,6,8-9,12,17-18H,3H2,1-2H3,(H2,20,21,22);6,8-9,12,17-18H,2-3H2,1H3,(H,13,14,19)(H2,20,21,22);1-2,4,6,8-9,11,16-17H,3H2,(H2,12,13)(H2,18,19,20);2,4,6,8-9,11,16-17H,1,3H2,(H2,18,19,20)/t3*6?,8-,9-,12-;2*6?,8-,9-,11-/m11111/s1. The molecule has 58 nitrogen and oxygen atoms in total. The molecule has 23 N–H and O–H groups in total. The van der Waals surface area contributed by atoms with E-state index in [1.807, 2.05) is 0 Å². The van der Waals surface area contributed by atoms with Gasteiger partial charge in [0.2, 0.25) is 11.8 Å². The lowest BCUT2D eigenvalue weighted by molar-refractivity contribution is -0.121. The number of nitrogen functional groups attached to an aromatic ring is 1. The smallest absolute Gasteiger partial charge is 0.469 e. The number of hydrogen-bond acceptors (Lipinski definition) is 41. The third-order valence-electron chi connectivity index (χ3n) is 18.7. The van der Waals surface area contributed by atoms with Gasteiger partial charge in [0, 0.05) is 25.9 Å². The Morgan fingerprint density at radius 2 is 0.876 bits per heavy atom. The zero-order valence-electron chi connectivity index (χ0n) is 62.6. The molecular formula is C58H79N18O40P5. The van der Waals surface area contributed by atoms with Crippen LogP contribution in [0, 0.1) is 20.8 Å². The van der Waals surface area contributed by atoms with Gasteiger partial charge >= 0.3 is 39.1 Å². The summed E-state index contributed by atoms with van der Waals surface area (Å²) in [6, 6.07) is 1.57. The number of aliphatic hydroxyl groups excluding tert-OH is 10. The van der Waals surface area contributed by atoms with Crippen LogP contribution in [0.15, 0.2) is 52.2 Å². The summed E-state index contributed by atoms with van der Waals surface area (Å²) in [6.07, 6.45) is -18.2. The van der Waals surface area contributed by atoms with Crippen LogP contribution in [-0.2, 0) is 87.4 Å². The Bertz CT molecular complexity index is 5530. The third-order valence-corrected chi connectivity index (χ3v) is 21.2. The number of aromatic nitrogens is 15. The number of nitrogens with zero attached hydrogens (tertiary/aromatic N) is 16. The van der Waals surface area contributed by atoms with Gasteiger partial charge in [0.15, 0.2) is 76.4 Å². The SMILES string of the molecule is COc1nc(C)nc2c1ncn2[C@@H]1OC(COP(=O)(O)O)[C@@H](O)[C@H]1O.Cc1nc2c(c(=O)[nH]1)CC(=O)N2[C@@H]1OC(COP(=O)(O)O)[C@@H](O)[C@H]1O.Cc1nc2c(ncn2[C@@H]2OC(COP(=O)(O)O)[C@@H](O)[C@H]2O)c(=O)n1C.Nc1ccnc2c1ncn2[C@@H]1OC(COP(=O)(O)O)[C@@H](O)[C@H]1O.O=C1CC=Nc2c1ncn2[C@@H]1OC(COP(=O)(O)O)[C@@H](O)[C@H]1O. The number of ether oxygens (including phenoxy) is 6. The number of pyridine rings is 1. The van der Waals surface area contributed by atoms with E-state index >= 15 is 0 Å². The number of anilines is 2. The Kier molecular flexibility index (Phi) is 28.7. The van der Waals surface area contributed by atoms with E-state index in [2.05, 4.69) is 77.5 Å². The molecule has 7 aliphatic heterocycles. The van der Waals surface area contributed by atoms with Crippen molar-refractivity contribution < 1.29 is 183 Å². The average molecular weight is 1820 g/mol. The Morgan fingerprint density at radius 1 is 0.488 bits per heavy atom.